The number of hydrogen-bond donors (Lipinski definition) is 3. The Kier molecular flexibility index (Phi) is 8.81. The number of rotatable bonds is 9. The minimum absolute atomic E-state index is 0.0409. The predicted molar refractivity (Wildman–Crippen MR) is 153 cm³/mol. The van der Waals surface area contributed by atoms with Crippen molar-refractivity contribution in [1.29, 1.82) is 0 Å². The summed E-state index contributed by atoms with van der Waals surface area (Å²) in [5.41, 5.74) is 1.62. The minimum Gasteiger partial charge on any atom is -0.444 e. The van der Waals surface area contributed by atoms with Crippen LogP contribution < -0.4 is 16.0 Å². The van der Waals surface area contributed by atoms with Crippen LogP contribution in [0.5, 0.6) is 0 Å². The molecular weight excluding hydrogens is 524 g/mol. The minimum atomic E-state index is -1.08. The Balaban J connectivity index is 1.39. The summed E-state index contributed by atoms with van der Waals surface area (Å²) >= 11 is 0. The molecule has 5 amide bonds. The summed E-state index contributed by atoms with van der Waals surface area (Å²) in [5.74, 6) is -1.86. The number of nitrogens with one attached hydrogen (secondary N) is 3. The number of hydrogen-bond acceptors (Lipinski definition) is 6. The summed E-state index contributed by atoms with van der Waals surface area (Å²) in [7, 11) is 0. The van der Waals surface area contributed by atoms with Crippen molar-refractivity contribution in [1.82, 2.24) is 10.2 Å². The van der Waals surface area contributed by atoms with Crippen LogP contribution in [0.15, 0.2) is 78.9 Å². The monoisotopic (exact) mass is 556 g/mol. The highest BCUT2D eigenvalue weighted by atomic mass is 16.6. The van der Waals surface area contributed by atoms with Gasteiger partial charge in [0.1, 0.15) is 11.6 Å². The number of ether oxygens (including phenoxy) is 1. The summed E-state index contributed by atoms with van der Waals surface area (Å²) in [4.78, 5) is 64.8. The van der Waals surface area contributed by atoms with Crippen molar-refractivity contribution >= 4 is 41.1 Å². The smallest absolute Gasteiger partial charge is 0.407 e. The molecule has 1 aliphatic heterocycles. The number of benzene rings is 3. The third-order valence-electron chi connectivity index (χ3n) is 6.17. The van der Waals surface area contributed by atoms with E-state index in [0.29, 0.717) is 11.4 Å². The second-order valence-corrected chi connectivity index (χ2v) is 10.5. The van der Waals surface area contributed by atoms with Crippen LogP contribution in [0.3, 0.4) is 0 Å². The molecule has 4 rings (SSSR count). The molecule has 0 radical (unpaired) electrons. The molecule has 0 aromatic heterocycles. The molecule has 1 unspecified atom stereocenters. The van der Waals surface area contributed by atoms with E-state index in [-0.39, 0.29) is 36.4 Å². The van der Waals surface area contributed by atoms with Crippen molar-refractivity contribution in [3.8, 4) is 0 Å². The maximum Gasteiger partial charge on any atom is 0.407 e. The zero-order chi connectivity index (χ0) is 29.6. The molecule has 0 bridgehead atoms. The van der Waals surface area contributed by atoms with Crippen molar-refractivity contribution in [3.63, 3.8) is 0 Å². The number of imide groups is 1. The maximum atomic E-state index is 13.5. The number of alkyl carbamates (subject to hydrolysis) is 1. The highest BCUT2D eigenvalue weighted by Gasteiger charge is 2.42. The van der Waals surface area contributed by atoms with Gasteiger partial charge in [-0.1, -0.05) is 42.5 Å². The molecule has 1 atom stereocenters. The molecule has 0 saturated carbocycles. The second kappa shape index (κ2) is 12.5. The highest BCUT2D eigenvalue weighted by Crippen LogP contribution is 2.27. The molecule has 212 valence electrons. The van der Waals surface area contributed by atoms with Crippen molar-refractivity contribution in [2.75, 3.05) is 17.2 Å². The van der Waals surface area contributed by atoms with Gasteiger partial charge in [0.15, 0.2) is 0 Å². The van der Waals surface area contributed by atoms with Crippen LogP contribution in [-0.4, -0.2) is 52.8 Å². The summed E-state index contributed by atoms with van der Waals surface area (Å²) in [6.45, 7) is 5.35. The van der Waals surface area contributed by atoms with Crippen molar-refractivity contribution in [3.05, 3.63) is 95.6 Å². The fourth-order valence-electron chi connectivity index (χ4n) is 4.31. The normalized spacial score (nSPS) is 13.3. The Morgan fingerprint density at radius 2 is 1.32 bits per heavy atom. The SMILES string of the molecule is CC(C)(C)OC(=O)NCCC(=O)Nc1ccc(NC(=O)C(Cc2ccccc2)N2C(=O)c3ccccc3C2=O)cc1. The molecule has 3 aromatic carbocycles. The predicted octanol–water partition coefficient (Wildman–Crippen LogP) is 4.39. The molecular formula is C31H32N4O6. The molecule has 3 N–H and O–H groups in total. The van der Waals surface area contributed by atoms with E-state index in [1.54, 1.807) is 69.3 Å². The first-order valence-corrected chi connectivity index (χ1v) is 13.2. The Labute approximate surface area is 238 Å². The van der Waals surface area contributed by atoms with Crippen LogP contribution in [0.1, 0.15) is 53.5 Å². The Morgan fingerprint density at radius 1 is 0.780 bits per heavy atom. The fraction of sp³-hybridized carbons (Fsp3) is 0.258. The Morgan fingerprint density at radius 3 is 1.88 bits per heavy atom. The lowest BCUT2D eigenvalue weighted by Crippen LogP contribution is -2.48. The number of nitrogens with zero attached hydrogens (tertiary/aromatic N) is 1. The number of anilines is 2. The van der Waals surface area contributed by atoms with Crippen LogP contribution in [-0.2, 0) is 20.7 Å². The van der Waals surface area contributed by atoms with Crippen LogP contribution in [0.4, 0.5) is 16.2 Å². The lowest BCUT2D eigenvalue weighted by Gasteiger charge is -2.25. The number of amides is 5. The molecule has 0 aliphatic carbocycles. The Hall–Kier alpha value is -4.99. The largest absolute Gasteiger partial charge is 0.444 e. The third kappa shape index (κ3) is 7.57. The van der Waals surface area contributed by atoms with Gasteiger partial charge in [-0.2, -0.15) is 0 Å². The zero-order valence-electron chi connectivity index (χ0n) is 23.1. The topological polar surface area (TPSA) is 134 Å². The van der Waals surface area contributed by atoms with Gasteiger partial charge in [-0.3, -0.25) is 24.1 Å². The van der Waals surface area contributed by atoms with Crippen LogP contribution in [0, 0.1) is 0 Å². The van der Waals surface area contributed by atoms with Gasteiger partial charge in [-0.05, 0) is 62.7 Å². The van der Waals surface area contributed by atoms with E-state index in [9.17, 15) is 24.0 Å². The van der Waals surface area contributed by atoms with Gasteiger partial charge in [0.25, 0.3) is 11.8 Å². The van der Waals surface area contributed by atoms with E-state index in [2.05, 4.69) is 16.0 Å². The summed E-state index contributed by atoms with van der Waals surface area (Å²) in [5, 5.41) is 8.05. The Bertz CT molecular complexity index is 1410. The molecule has 1 heterocycles. The van der Waals surface area contributed by atoms with Crippen LogP contribution >= 0.6 is 0 Å². The van der Waals surface area contributed by atoms with E-state index in [1.165, 1.54) is 0 Å². The molecule has 3 aromatic rings. The molecule has 10 nitrogen and oxygen atoms in total. The molecule has 1 aliphatic rings. The summed E-state index contributed by atoms with van der Waals surface area (Å²) in [6, 6.07) is 21.0. The van der Waals surface area contributed by atoms with E-state index in [0.717, 1.165) is 10.5 Å². The van der Waals surface area contributed by atoms with Crippen molar-refractivity contribution < 1.29 is 28.7 Å². The second-order valence-electron chi connectivity index (χ2n) is 10.5. The van der Waals surface area contributed by atoms with Crippen LogP contribution in [0.25, 0.3) is 0 Å². The van der Waals surface area contributed by atoms with E-state index in [4.69, 9.17) is 4.74 Å². The lowest BCUT2D eigenvalue weighted by atomic mass is 10.0. The van der Waals surface area contributed by atoms with E-state index in [1.807, 2.05) is 30.3 Å². The van der Waals surface area contributed by atoms with Gasteiger partial charge in [-0.25, -0.2) is 4.79 Å². The van der Waals surface area contributed by atoms with Gasteiger partial charge < -0.3 is 20.7 Å². The molecule has 0 spiro atoms. The quantitative estimate of drug-likeness (QED) is 0.335. The van der Waals surface area contributed by atoms with Crippen molar-refractivity contribution in [2.45, 2.75) is 45.3 Å². The molecule has 10 heteroatoms. The number of fused-ring (bicyclic) bond motifs is 1. The fourth-order valence-corrected chi connectivity index (χ4v) is 4.31. The molecule has 0 fully saturated rings. The van der Waals surface area contributed by atoms with Gasteiger partial charge in [0, 0.05) is 30.8 Å². The standard InChI is InChI=1S/C31H32N4O6/c1-31(2,3)41-30(40)32-18-17-26(36)33-21-13-15-22(16-14-21)34-27(37)25(19-20-9-5-4-6-10-20)35-28(38)23-11-7-8-12-24(23)29(35)39/h4-16,25H,17-19H2,1-3H3,(H,32,40)(H,33,36)(H,34,37). The average molecular weight is 557 g/mol. The molecule has 0 saturated heterocycles. The number of carbonyl (C=O) groups excluding carboxylic acids is 5. The number of carbonyl (C=O) groups is 5. The maximum absolute atomic E-state index is 13.5. The average Bonchev–Trinajstić information content (AvgIpc) is 3.17. The first-order chi connectivity index (χ1) is 19.5. The van der Waals surface area contributed by atoms with Crippen molar-refractivity contribution in [2.24, 2.45) is 0 Å². The summed E-state index contributed by atoms with van der Waals surface area (Å²) < 4.78 is 5.14. The van der Waals surface area contributed by atoms with Crippen LogP contribution in [0.2, 0.25) is 0 Å². The zero-order valence-corrected chi connectivity index (χ0v) is 23.1. The first-order valence-electron chi connectivity index (χ1n) is 13.2. The van der Waals surface area contributed by atoms with Gasteiger partial charge in [0.05, 0.1) is 11.1 Å². The van der Waals surface area contributed by atoms with Gasteiger partial charge >= 0.3 is 6.09 Å². The third-order valence-corrected chi connectivity index (χ3v) is 6.17. The first kappa shape index (κ1) is 29.0. The lowest BCUT2D eigenvalue weighted by molar-refractivity contribution is -0.120. The summed E-state index contributed by atoms with van der Waals surface area (Å²) in [6.07, 6.45) is -0.417. The van der Waals surface area contributed by atoms with Gasteiger partial charge in [-0.15, -0.1) is 0 Å². The highest BCUT2D eigenvalue weighted by molar-refractivity contribution is 6.23. The molecule has 41 heavy (non-hydrogen) atoms. The van der Waals surface area contributed by atoms with E-state index >= 15 is 0 Å². The van der Waals surface area contributed by atoms with E-state index < -0.39 is 35.5 Å². The van der Waals surface area contributed by atoms with Gasteiger partial charge in [0.2, 0.25) is 11.8 Å².